The molecular weight excluding hydrogens is 338 g/mol. The highest BCUT2D eigenvalue weighted by molar-refractivity contribution is 7.98. The van der Waals surface area contributed by atoms with E-state index in [1.807, 2.05) is 36.7 Å². The van der Waals surface area contributed by atoms with Gasteiger partial charge in [0.2, 0.25) is 0 Å². The fourth-order valence-corrected chi connectivity index (χ4v) is 2.89. The minimum Gasteiger partial charge on any atom is -0.460 e. The highest BCUT2D eigenvalue weighted by Crippen LogP contribution is 2.20. The Bertz CT molecular complexity index is 883. The summed E-state index contributed by atoms with van der Waals surface area (Å²) in [4.78, 5) is 12.1. The van der Waals surface area contributed by atoms with Crippen LogP contribution in [-0.4, -0.2) is 26.9 Å². The van der Waals surface area contributed by atoms with Gasteiger partial charge in [-0.15, -0.1) is 10.2 Å². The molecule has 0 saturated heterocycles. The summed E-state index contributed by atoms with van der Waals surface area (Å²) in [6, 6.07) is 11.0. The van der Waals surface area contributed by atoms with Crippen molar-refractivity contribution in [1.82, 2.24) is 20.2 Å². The molecule has 1 aromatic carbocycles. The summed E-state index contributed by atoms with van der Waals surface area (Å²) in [5.41, 5.74) is 4.12. The van der Waals surface area contributed by atoms with E-state index < -0.39 is 0 Å². The third kappa shape index (κ3) is 4.57. The van der Waals surface area contributed by atoms with Gasteiger partial charge in [0.05, 0.1) is 6.21 Å². The molecule has 0 aliphatic heterocycles. The van der Waals surface area contributed by atoms with Crippen LogP contribution in [0, 0.1) is 6.92 Å². The Labute approximate surface area is 149 Å². The Hall–Kier alpha value is -2.87. The number of thioether (sulfide) groups is 1. The van der Waals surface area contributed by atoms with Gasteiger partial charge in [-0.25, -0.2) is 5.43 Å². The van der Waals surface area contributed by atoms with Gasteiger partial charge in [0, 0.05) is 18.4 Å². The number of nitrogens with zero attached hydrogens (tertiary/aromatic N) is 4. The molecule has 3 aromatic rings. The van der Waals surface area contributed by atoms with Gasteiger partial charge < -0.3 is 8.98 Å². The lowest BCUT2D eigenvalue weighted by Crippen LogP contribution is -2.17. The lowest BCUT2D eigenvalue weighted by molar-refractivity contribution is 0.0955. The molecule has 128 valence electrons. The SMILES string of the molecule is Cc1ccc(/C=N/NC(=O)c2ccc(CSc3nncn3C)cc2)o1. The summed E-state index contributed by atoms with van der Waals surface area (Å²) in [7, 11) is 1.90. The minimum atomic E-state index is -0.271. The molecule has 0 saturated carbocycles. The molecule has 0 unspecified atom stereocenters. The van der Waals surface area contributed by atoms with Gasteiger partial charge in [-0.3, -0.25) is 4.79 Å². The molecule has 1 amide bonds. The normalized spacial score (nSPS) is 11.1. The first-order valence-electron chi connectivity index (χ1n) is 7.57. The quantitative estimate of drug-likeness (QED) is 0.417. The van der Waals surface area contributed by atoms with Crippen molar-refractivity contribution in [2.24, 2.45) is 12.1 Å². The Balaban J connectivity index is 1.53. The average Bonchev–Trinajstić information content (AvgIpc) is 3.21. The first kappa shape index (κ1) is 17.0. The Morgan fingerprint density at radius 2 is 2.12 bits per heavy atom. The van der Waals surface area contributed by atoms with Crippen LogP contribution >= 0.6 is 11.8 Å². The van der Waals surface area contributed by atoms with E-state index in [1.54, 1.807) is 36.3 Å². The Kier molecular flexibility index (Phi) is 5.30. The smallest absolute Gasteiger partial charge is 0.271 e. The van der Waals surface area contributed by atoms with E-state index in [1.165, 1.54) is 6.21 Å². The largest absolute Gasteiger partial charge is 0.460 e. The number of carbonyl (C=O) groups excluding carboxylic acids is 1. The minimum absolute atomic E-state index is 0.271. The second-order valence-corrected chi connectivity index (χ2v) is 6.30. The standard InChI is InChI=1S/C17H17N5O2S/c1-12-3-8-15(24-12)9-18-20-16(23)14-6-4-13(5-7-14)10-25-17-21-19-11-22(17)2/h3-9,11H,10H2,1-2H3,(H,20,23)/b18-9+. The lowest BCUT2D eigenvalue weighted by Gasteiger charge is -2.03. The molecule has 0 bridgehead atoms. The van der Waals surface area contributed by atoms with Crippen LogP contribution in [0.25, 0.3) is 0 Å². The van der Waals surface area contributed by atoms with Crippen LogP contribution in [0.2, 0.25) is 0 Å². The predicted molar refractivity (Wildman–Crippen MR) is 95.5 cm³/mol. The van der Waals surface area contributed by atoms with Crippen molar-refractivity contribution in [2.75, 3.05) is 0 Å². The third-order valence-corrected chi connectivity index (χ3v) is 4.48. The number of rotatable bonds is 6. The molecule has 0 spiro atoms. The number of carbonyl (C=O) groups is 1. The van der Waals surface area contributed by atoms with E-state index in [-0.39, 0.29) is 5.91 Å². The van der Waals surface area contributed by atoms with Crippen molar-refractivity contribution in [1.29, 1.82) is 0 Å². The van der Waals surface area contributed by atoms with Crippen molar-refractivity contribution in [3.8, 4) is 0 Å². The van der Waals surface area contributed by atoms with Crippen molar-refractivity contribution in [3.63, 3.8) is 0 Å². The lowest BCUT2D eigenvalue weighted by atomic mass is 10.1. The van der Waals surface area contributed by atoms with Crippen molar-refractivity contribution < 1.29 is 9.21 Å². The van der Waals surface area contributed by atoms with Gasteiger partial charge in [-0.1, -0.05) is 23.9 Å². The maximum absolute atomic E-state index is 12.1. The summed E-state index contributed by atoms with van der Waals surface area (Å²) in [6.07, 6.45) is 3.14. The van der Waals surface area contributed by atoms with E-state index in [0.717, 1.165) is 22.2 Å². The second kappa shape index (κ2) is 7.80. The maximum Gasteiger partial charge on any atom is 0.271 e. The molecule has 2 heterocycles. The summed E-state index contributed by atoms with van der Waals surface area (Å²) in [5, 5.41) is 12.6. The van der Waals surface area contributed by atoms with E-state index in [0.29, 0.717) is 11.3 Å². The van der Waals surface area contributed by atoms with E-state index in [4.69, 9.17) is 4.42 Å². The first-order valence-corrected chi connectivity index (χ1v) is 8.56. The topological polar surface area (TPSA) is 85.3 Å². The summed E-state index contributed by atoms with van der Waals surface area (Å²) < 4.78 is 7.20. The number of hydrazone groups is 1. The number of nitrogens with one attached hydrogen (secondary N) is 1. The van der Waals surface area contributed by atoms with Crippen LogP contribution in [0.3, 0.4) is 0 Å². The summed E-state index contributed by atoms with van der Waals surface area (Å²) in [5.74, 6) is 1.87. The second-order valence-electron chi connectivity index (χ2n) is 5.36. The molecular formula is C17H17N5O2S. The van der Waals surface area contributed by atoms with Gasteiger partial charge >= 0.3 is 0 Å². The van der Waals surface area contributed by atoms with Crippen LogP contribution in [0.15, 0.2) is 57.4 Å². The van der Waals surface area contributed by atoms with Crippen molar-refractivity contribution >= 4 is 23.9 Å². The first-order chi connectivity index (χ1) is 12.1. The zero-order chi connectivity index (χ0) is 17.6. The molecule has 0 radical (unpaired) electrons. The van der Waals surface area contributed by atoms with E-state index in [9.17, 15) is 4.79 Å². The molecule has 0 fully saturated rings. The zero-order valence-electron chi connectivity index (χ0n) is 13.8. The summed E-state index contributed by atoms with van der Waals surface area (Å²) >= 11 is 1.59. The highest BCUT2D eigenvalue weighted by Gasteiger charge is 2.06. The van der Waals surface area contributed by atoms with E-state index in [2.05, 4.69) is 20.7 Å². The number of hydrogen-bond donors (Lipinski definition) is 1. The van der Waals surface area contributed by atoms with Gasteiger partial charge in [0.25, 0.3) is 5.91 Å². The number of furan rings is 1. The van der Waals surface area contributed by atoms with Crippen LogP contribution in [0.5, 0.6) is 0 Å². The van der Waals surface area contributed by atoms with Crippen LogP contribution in [0.1, 0.15) is 27.4 Å². The zero-order valence-corrected chi connectivity index (χ0v) is 14.7. The maximum atomic E-state index is 12.1. The fraction of sp³-hybridized carbons (Fsp3) is 0.176. The highest BCUT2D eigenvalue weighted by atomic mass is 32.2. The molecule has 1 N–H and O–H groups in total. The molecule has 0 atom stereocenters. The molecule has 2 aromatic heterocycles. The molecule has 0 aliphatic carbocycles. The number of aryl methyl sites for hydroxylation is 2. The van der Waals surface area contributed by atoms with Crippen molar-refractivity contribution in [3.05, 3.63) is 65.4 Å². The number of benzene rings is 1. The number of hydrogen-bond acceptors (Lipinski definition) is 6. The molecule has 3 rings (SSSR count). The van der Waals surface area contributed by atoms with Crippen LogP contribution in [-0.2, 0) is 12.8 Å². The van der Waals surface area contributed by atoms with Gasteiger partial charge in [0.15, 0.2) is 5.16 Å². The molecule has 7 nitrogen and oxygen atoms in total. The summed E-state index contributed by atoms with van der Waals surface area (Å²) in [6.45, 7) is 1.85. The van der Waals surface area contributed by atoms with Gasteiger partial charge in [-0.05, 0) is 36.8 Å². The average molecular weight is 355 g/mol. The fourth-order valence-electron chi connectivity index (χ4n) is 2.05. The number of aromatic nitrogens is 3. The monoisotopic (exact) mass is 355 g/mol. The van der Waals surface area contributed by atoms with Crippen molar-refractivity contribution in [2.45, 2.75) is 17.8 Å². The molecule has 8 heteroatoms. The van der Waals surface area contributed by atoms with Crippen LogP contribution in [0.4, 0.5) is 0 Å². The predicted octanol–water partition coefficient (Wildman–Crippen LogP) is 2.77. The van der Waals surface area contributed by atoms with Crippen LogP contribution < -0.4 is 5.43 Å². The third-order valence-electron chi connectivity index (χ3n) is 3.37. The van der Waals surface area contributed by atoms with Gasteiger partial charge in [0.1, 0.15) is 17.8 Å². The molecule has 0 aliphatic rings. The Morgan fingerprint density at radius 3 is 2.76 bits per heavy atom. The number of amides is 1. The van der Waals surface area contributed by atoms with Gasteiger partial charge in [-0.2, -0.15) is 5.10 Å². The van der Waals surface area contributed by atoms with E-state index >= 15 is 0 Å². The Morgan fingerprint density at radius 1 is 1.32 bits per heavy atom. The molecule has 25 heavy (non-hydrogen) atoms.